The molecule has 4 atom stereocenters. The molecule has 1 nitrogen and oxygen atoms in total. The summed E-state index contributed by atoms with van der Waals surface area (Å²) >= 11 is 0. The Labute approximate surface area is 132 Å². The second-order valence-corrected chi connectivity index (χ2v) is 8.38. The van der Waals surface area contributed by atoms with Gasteiger partial charge in [0.2, 0.25) is 0 Å². The second kappa shape index (κ2) is 7.99. The molecule has 0 aliphatic heterocycles. The van der Waals surface area contributed by atoms with Crippen LogP contribution in [0.15, 0.2) is 0 Å². The lowest BCUT2D eigenvalue weighted by molar-refractivity contribution is 0.138. The summed E-state index contributed by atoms with van der Waals surface area (Å²) in [4.78, 5) is 0. The van der Waals surface area contributed by atoms with E-state index in [9.17, 15) is 0 Å². The van der Waals surface area contributed by atoms with Crippen LogP contribution >= 0.6 is 0 Å². The molecule has 3 aliphatic carbocycles. The van der Waals surface area contributed by atoms with Gasteiger partial charge in [0.15, 0.2) is 0 Å². The molecule has 0 spiro atoms. The number of hydrogen-bond donors (Lipinski definition) is 1. The molecule has 4 unspecified atom stereocenters. The van der Waals surface area contributed by atoms with Gasteiger partial charge in [-0.1, -0.05) is 71.1 Å². The van der Waals surface area contributed by atoms with Gasteiger partial charge in [0.05, 0.1) is 0 Å². The minimum absolute atomic E-state index is 0.857. The van der Waals surface area contributed by atoms with E-state index in [0.29, 0.717) is 0 Å². The summed E-state index contributed by atoms with van der Waals surface area (Å²) in [6.45, 7) is 3.81. The van der Waals surface area contributed by atoms with Crippen LogP contribution in [0.25, 0.3) is 0 Å². The smallest absolute Gasteiger partial charge is 0.00980 e. The van der Waals surface area contributed by atoms with Crippen molar-refractivity contribution in [3.63, 3.8) is 0 Å². The first-order chi connectivity index (χ1) is 10.3. The summed E-state index contributed by atoms with van der Waals surface area (Å²) in [5.41, 5.74) is 0. The van der Waals surface area contributed by atoms with E-state index in [0.717, 1.165) is 29.7 Å². The highest BCUT2D eigenvalue weighted by molar-refractivity contribution is 4.88. The van der Waals surface area contributed by atoms with E-state index < -0.39 is 0 Å². The van der Waals surface area contributed by atoms with Gasteiger partial charge in [-0.3, -0.25) is 0 Å². The first-order valence-electron chi connectivity index (χ1n) is 10.1. The maximum absolute atomic E-state index is 4.07. The summed E-state index contributed by atoms with van der Waals surface area (Å²) < 4.78 is 0. The largest absolute Gasteiger partial charge is 0.313 e. The Balaban J connectivity index is 1.51. The van der Waals surface area contributed by atoms with Crippen molar-refractivity contribution in [2.45, 2.75) is 96.4 Å². The summed E-state index contributed by atoms with van der Waals surface area (Å²) in [6.07, 6.45) is 19.4. The Morgan fingerprint density at radius 1 is 0.714 bits per heavy atom. The Morgan fingerprint density at radius 2 is 1.38 bits per heavy atom. The first-order valence-corrected chi connectivity index (χ1v) is 10.1. The average molecular weight is 292 g/mol. The van der Waals surface area contributed by atoms with Crippen LogP contribution in [0.5, 0.6) is 0 Å². The fraction of sp³-hybridized carbons (Fsp3) is 1.00. The van der Waals surface area contributed by atoms with E-state index in [-0.39, 0.29) is 0 Å². The van der Waals surface area contributed by atoms with E-state index in [1.807, 2.05) is 0 Å². The summed E-state index contributed by atoms with van der Waals surface area (Å²) in [5.74, 6) is 3.99. The number of nitrogens with one attached hydrogen (secondary N) is 1. The lowest BCUT2D eigenvalue weighted by Gasteiger charge is -2.41. The molecule has 0 bridgehead atoms. The third-order valence-electron chi connectivity index (χ3n) is 7.01. The number of hydrogen-bond acceptors (Lipinski definition) is 1. The highest BCUT2D eigenvalue weighted by Crippen LogP contribution is 2.39. The van der Waals surface area contributed by atoms with Crippen LogP contribution in [0.1, 0.15) is 90.4 Å². The van der Waals surface area contributed by atoms with Crippen molar-refractivity contribution in [1.82, 2.24) is 5.32 Å². The minimum Gasteiger partial charge on any atom is -0.313 e. The predicted molar refractivity (Wildman–Crippen MR) is 91.4 cm³/mol. The molecule has 0 aromatic carbocycles. The van der Waals surface area contributed by atoms with Crippen molar-refractivity contribution < 1.29 is 0 Å². The zero-order valence-corrected chi connectivity index (χ0v) is 14.3. The van der Waals surface area contributed by atoms with E-state index >= 15 is 0 Å². The fourth-order valence-corrected chi connectivity index (χ4v) is 5.54. The van der Waals surface area contributed by atoms with Crippen molar-refractivity contribution in [1.29, 1.82) is 0 Å². The van der Waals surface area contributed by atoms with Gasteiger partial charge in [0, 0.05) is 6.04 Å². The molecule has 3 rings (SSSR count). The van der Waals surface area contributed by atoms with Gasteiger partial charge in [0.1, 0.15) is 0 Å². The van der Waals surface area contributed by atoms with Crippen molar-refractivity contribution in [3.05, 3.63) is 0 Å². The van der Waals surface area contributed by atoms with Crippen LogP contribution in [0, 0.1) is 23.7 Å². The second-order valence-electron chi connectivity index (χ2n) is 8.38. The van der Waals surface area contributed by atoms with Gasteiger partial charge in [-0.05, 0) is 49.5 Å². The standard InChI is InChI=1S/C20H37N/c1-16-9-5-6-12-18(16)15-21-20-14-8-7-13-19(20)17-10-3-2-4-11-17/h16-21H,2-15H2,1H3. The highest BCUT2D eigenvalue weighted by Gasteiger charge is 2.33. The maximum atomic E-state index is 4.07. The molecule has 0 heterocycles. The molecule has 0 aromatic heterocycles. The molecule has 1 heteroatoms. The van der Waals surface area contributed by atoms with E-state index in [4.69, 9.17) is 0 Å². The Kier molecular flexibility index (Phi) is 6.03. The summed E-state index contributed by atoms with van der Waals surface area (Å²) in [5, 5.41) is 4.07. The van der Waals surface area contributed by atoms with E-state index in [1.54, 1.807) is 0 Å². The van der Waals surface area contributed by atoms with Gasteiger partial charge in [-0.15, -0.1) is 0 Å². The summed E-state index contributed by atoms with van der Waals surface area (Å²) in [7, 11) is 0. The molecule has 1 N–H and O–H groups in total. The zero-order chi connectivity index (χ0) is 14.5. The SMILES string of the molecule is CC1CCCCC1CNC1CCCCC1C1CCCCC1. The van der Waals surface area contributed by atoms with Crippen molar-refractivity contribution in [2.24, 2.45) is 23.7 Å². The van der Waals surface area contributed by atoms with Gasteiger partial charge < -0.3 is 5.32 Å². The van der Waals surface area contributed by atoms with Crippen LogP contribution in [0.2, 0.25) is 0 Å². The van der Waals surface area contributed by atoms with Gasteiger partial charge in [-0.2, -0.15) is 0 Å². The Hall–Kier alpha value is -0.0400. The maximum Gasteiger partial charge on any atom is 0.00980 e. The molecule has 21 heavy (non-hydrogen) atoms. The molecule has 0 saturated heterocycles. The quantitative estimate of drug-likeness (QED) is 0.717. The highest BCUT2D eigenvalue weighted by atomic mass is 14.9. The van der Waals surface area contributed by atoms with Crippen LogP contribution in [-0.2, 0) is 0 Å². The minimum atomic E-state index is 0.857. The van der Waals surface area contributed by atoms with E-state index in [2.05, 4.69) is 12.2 Å². The van der Waals surface area contributed by atoms with Crippen LogP contribution < -0.4 is 5.32 Å². The fourth-order valence-electron chi connectivity index (χ4n) is 5.54. The Bertz CT molecular complexity index is 294. The summed E-state index contributed by atoms with van der Waals surface area (Å²) in [6, 6.07) is 0.857. The number of rotatable bonds is 4. The first kappa shape index (κ1) is 15.8. The Morgan fingerprint density at radius 3 is 2.19 bits per heavy atom. The van der Waals surface area contributed by atoms with E-state index in [1.165, 1.54) is 90.0 Å². The van der Waals surface area contributed by atoms with Gasteiger partial charge >= 0.3 is 0 Å². The molecule has 3 saturated carbocycles. The van der Waals surface area contributed by atoms with Crippen LogP contribution in [0.3, 0.4) is 0 Å². The third-order valence-corrected chi connectivity index (χ3v) is 7.01. The van der Waals surface area contributed by atoms with Crippen LogP contribution in [-0.4, -0.2) is 12.6 Å². The van der Waals surface area contributed by atoms with Crippen molar-refractivity contribution in [3.8, 4) is 0 Å². The molecule has 0 aromatic rings. The normalized spacial score (nSPS) is 39.3. The zero-order valence-electron chi connectivity index (χ0n) is 14.3. The lowest BCUT2D eigenvalue weighted by atomic mass is 9.70. The molecular weight excluding hydrogens is 254 g/mol. The van der Waals surface area contributed by atoms with Crippen molar-refractivity contribution >= 4 is 0 Å². The molecule has 0 amide bonds. The lowest BCUT2D eigenvalue weighted by Crippen LogP contribution is -2.45. The average Bonchev–Trinajstić information content (AvgIpc) is 2.55. The van der Waals surface area contributed by atoms with Gasteiger partial charge in [0.25, 0.3) is 0 Å². The monoisotopic (exact) mass is 291 g/mol. The van der Waals surface area contributed by atoms with Crippen LogP contribution in [0.4, 0.5) is 0 Å². The van der Waals surface area contributed by atoms with Gasteiger partial charge in [-0.25, -0.2) is 0 Å². The topological polar surface area (TPSA) is 12.0 Å². The molecular formula is C20H37N. The molecule has 122 valence electrons. The predicted octanol–water partition coefficient (Wildman–Crippen LogP) is 5.54. The third kappa shape index (κ3) is 4.24. The molecule has 0 radical (unpaired) electrons. The molecule has 3 aliphatic rings. The van der Waals surface area contributed by atoms with Crippen molar-refractivity contribution in [2.75, 3.05) is 6.54 Å². The molecule has 3 fully saturated rings.